The first-order valence-electron chi connectivity index (χ1n) is 3.86. The van der Waals surface area contributed by atoms with Gasteiger partial charge in [-0.3, -0.25) is 4.99 Å². The van der Waals surface area contributed by atoms with Gasteiger partial charge in [0.1, 0.15) is 0 Å². The van der Waals surface area contributed by atoms with E-state index >= 15 is 0 Å². The molecule has 4 nitrogen and oxygen atoms in total. The predicted octanol–water partition coefficient (Wildman–Crippen LogP) is -0.348. The second-order valence-electron chi connectivity index (χ2n) is 2.56. The molecule has 4 heteroatoms. The molecule has 0 aromatic heterocycles. The Morgan fingerprint density at radius 2 is 2.36 bits per heavy atom. The number of nitrogens with zero attached hydrogens (tertiary/aromatic N) is 2. The van der Waals surface area contributed by atoms with E-state index in [1.165, 1.54) is 0 Å². The maximum atomic E-state index is 5.56. The van der Waals surface area contributed by atoms with E-state index in [2.05, 4.69) is 4.99 Å². The number of rotatable bonds is 2. The van der Waals surface area contributed by atoms with Gasteiger partial charge >= 0.3 is 0 Å². The summed E-state index contributed by atoms with van der Waals surface area (Å²) >= 11 is 0. The van der Waals surface area contributed by atoms with Crippen LogP contribution in [0.25, 0.3) is 0 Å². The van der Waals surface area contributed by atoms with Crippen LogP contribution >= 0.6 is 0 Å². The van der Waals surface area contributed by atoms with E-state index in [1.807, 2.05) is 11.8 Å². The molecule has 1 saturated heterocycles. The number of aliphatic imine (C=N–C) groups is 1. The molecule has 1 heterocycles. The first kappa shape index (κ1) is 8.33. The lowest BCUT2D eigenvalue weighted by atomic mass is 10.2. The zero-order chi connectivity index (χ0) is 8.27. The Hall–Kier alpha value is -0.770. The van der Waals surface area contributed by atoms with E-state index in [-0.39, 0.29) is 0 Å². The Kier molecular flexibility index (Phi) is 2.70. The Balaban J connectivity index is 2.19. The molecule has 0 amide bonds. The Morgan fingerprint density at radius 1 is 1.73 bits per heavy atom. The monoisotopic (exact) mass is 157 g/mol. The van der Waals surface area contributed by atoms with Crippen LogP contribution in [0.3, 0.4) is 0 Å². The van der Waals surface area contributed by atoms with Crippen LogP contribution in [0.2, 0.25) is 0 Å². The molecule has 0 radical (unpaired) electrons. The maximum absolute atomic E-state index is 5.56. The lowest BCUT2D eigenvalue weighted by Gasteiger charge is -2.39. The van der Waals surface area contributed by atoms with Gasteiger partial charge in [-0.05, 0) is 6.92 Å². The topological polar surface area (TPSA) is 50.9 Å². The fourth-order valence-corrected chi connectivity index (χ4v) is 1.11. The second kappa shape index (κ2) is 3.57. The van der Waals surface area contributed by atoms with E-state index in [4.69, 9.17) is 10.5 Å². The number of guanidine groups is 1. The molecule has 0 unspecified atom stereocenters. The van der Waals surface area contributed by atoms with Gasteiger partial charge in [0, 0.05) is 26.7 Å². The van der Waals surface area contributed by atoms with Crippen molar-refractivity contribution in [2.45, 2.75) is 13.0 Å². The first-order valence-corrected chi connectivity index (χ1v) is 3.86. The molecule has 1 fully saturated rings. The normalized spacial score (nSPS) is 20.2. The largest absolute Gasteiger partial charge is 0.375 e. The minimum atomic E-state index is 0.361. The third kappa shape index (κ3) is 1.83. The molecule has 0 aromatic carbocycles. The summed E-state index contributed by atoms with van der Waals surface area (Å²) in [5.41, 5.74) is 5.56. The molecule has 0 aliphatic carbocycles. The van der Waals surface area contributed by atoms with Crippen molar-refractivity contribution in [2.75, 3.05) is 26.7 Å². The number of ether oxygens (including phenoxy) is 1. The molecule has 1 aliphatic rings. The minimum absolute atomic E-state index is 0.361. The second-order valence-corrected chi connectivity index (χ2v) is 2.56. The zero-order valence-corrected chi connectivity index (χ0v) is 7.08. The summed E-state index contributed by atoms with van der Waals surface area (Å²) in [6.07, 6.45) is 0.361. The zero-order valence-electron chi connectivity index (χ0n) is 7.08. The summed E-state index contributed by atoms with van der Waals surface area (Å²) < 4.78 is 5.35. The Morgan fingerprint density at radius 3 is 2.82 bits per heavy atom. The van der Waals surface area contributed by atoms with Crippen molar-refractivity contribution in [3.05, 3.63) is 0 Å². The van der Waals surface area contributed by atoms with Crippen LogP contribution in [-0.2, 0) is 4.74 Å². The third-order valence-electron chi connectivity index (χ3n) is 1.80. The van der Waals surface area contributed by atoms with Gasteiger partial charge in [0.15, 0.2) is 5.96 Å². The summed E-state index contributed by atoms with van der Waals surface area (Å²) in [6.45, 7) is 4.55. The molecule has 2 N–H and O–H groups in total. The predicted molar refractivity (Wildman–Crippen MR) is 44.5 cm³/mol. The van der Waals surface area contributed by atoms with Gasteiger partial charge in [-0.25, -0.2) is 0 Å². The van der Waals surface area contributed by atoms with Crippen molar-refractivity contribution in [1.82, 2.24) is 4.90 Å². The molecule has 0 spiro atoms. The maximum Gasteiger partial charge on any atom is 0.191 e. The van der Waals surface area contributed by atoms with E-state index < -0.39 is 0 Å². The van der Waals surface area contributed by atoms with Crippen LogP contribution in [0.1, 0.15) is 6.92 Å². The van der Waals surface area contributed by atoms with Crippen molar-refractivity contribution in [2.24, 2.45) is 10.7 Å². The molecular formula is C7H15N3O. The number of likely N-dealkylation sites (tertiary alicyclic amines) is 1. The van der Waals surface area contributed by atoms with Gasteiger partial charge in [0.05, 0.1) is 6.10 Å². The standard InChI is InChI=1S/C7H15N3O/c1-3-11-6-4-10(5-6)7(8)9-2/h6H,3-5H2,1-2H3,(H2,8,9). The van der Waals surface area contributed by atoms with E-state index in [1.54, 1.807) is 7.05 Å². The van der Waals surface area contributed by atoms with Crippen molar-refractivity contribution in [3.63, 3.8) is 0 Å². The lowest BCUT2D eigenvalue weighted by Crippen LogP contribution is -2.57. The van der Waals surface area contributed by atoms with Crippen LogP contribution < -0.4 is 5.73 Å². The van der Waals surface area contributed by atoms with Crippen LogP contribution in [0.4, 0.5) is 0 Å². The molecule has 0 atom stereocenters. The highest BCUT2D eigenvalue weighted by Gasteiger charge is 2.27. The molecule has 0 aromatic rings. The highest BCUT2D eigenvalue weighted by atomic mass is 16.5. The Labute approximate surface area is 67.0 Å². The fourth-order valence-electron chi connectivity index (χ4n) is 1.11. The van der Waals surface area contributed by atoms with Crippen molar-refractivity contribution >= 4 is 5.96 Å². The third-order valence-corrected chi connectivity index (χ3v) is 1.80. The van der Waals surface area contributed by atoms with Gasteiger partial charge in [-0.1, -0.05) is 0 Å². The van der Waals surface area contributed by atoms with Crippen LogP contribution in [0, 0.1) is 0 Å². The SMILES string of the molecule is CCOC1CN(C(N)=NC)C1. The molecule has 0 bridgehead atoms. The average molecular weight is 157 g/mol. The van der Waals surface area contributed by atoms with Gasteiger partial charge in [0.2, 0.25) is 0 Å². The summed E-state index contributed by atoms with van der Waals surface area (Å²) in [6, 6.07) is 0. The van der Waals surface area contributed by atoms with Crippen molar-refractivity contribution in [3.8, 4) is 0 Å². The van der Waals surface area contributed by atoms with Gasteiger partial charge in [-0.2, -0.15) is 0 Å². The number of hydrogen-bond acceptors (Lipinski definition) is 2. The quantitative estimate of drug-likeness (QED) is 0.440. The van der Waals surface area contributed by atoms with Gasteiger partial charge < -0.3 is 15.4 Å². The van der Waals surface area contributed by atoms with E-state index in [0.717, 1.165) is 19.7 Å². The van der Waals surface area contributed by atoms with Gasteiger partial charge in [0.25, 0.3) is 0 Å². The molecular weight excluding hydrogens is 142 g/mol. The lowest BCUT2D eigenvalue weighted by molar-refractivity contribution is -0.0199. The number of nitrogens with two attached hydrogens (primary N) is 1. The van der Waals surface area contributed by atoms with E-state index in [9.17, 15) is 0 Å². The summed E-state index contributed by atoms with van der Waals surface area (Å²) in [5, 5.41) is 0. The molecule has 1 rings (SSSR count). The summed E-state index contributed by atoms with van der Waals surface area (Å²) in [7, 11) is 1.70. The Bertz CT molecular complexity index is 152. The van der Waals surface area contributed by atoms with E-state index in [0.29, 0.717) is 12.1 Å². The number of hydrogen-bond donors (Lipinski definition) is 1. The van der Waals surface area contributed by atoms with Crippen LogP contribution in [0.5, 0.6) is 0 Å². The summed E-state index contributed by atoms with van der Waals surface area (Å²) in [4.78, 5) is 5.87. The average Bonchev–Trinajstić information content (AvgIpc) is 1.94. The first-order chi connectivity index (χ1) is 5.27. The highest BCUT2D eigenvalue weighted by molar-refractivity contribution is 5.78. The van der Waals surface area contributed by atoms with Crippen LogP contribution in [-0.4, -0.2) is 43.7 Å². The molecule has 11 heavy (non-hydrogen) atoms. The molecule has 1 aliphatic heterocycles. The van der Waals surface area contributed by atoms with Crippen molar-refractivity contribution < 1.29 is 4.74 Å². The highest BCUT2D eigenvalue weighted by Crippen LogP contribution is 2.10. The molecule has 0 saturated carbocycles. The minimum Gasteiger partial charge on any atom is -0.375 e. The smallest absolute Gasteiger partial charge is 0.191 e. The van der Waals surface area contributed by atoms with Gasteiger partial charge in [-0.15, -0.1) is 0 Å². The fraction of sp³-hybridized carbons (Fsp3) is 0.857. The van der Waals surface area contributed by atoms with Crippen LogP contribution in [0.15, 0.2) is 4.99 Å². The van der Waals surface area contributed by atoms with Crippen molar-refractivity contribution in [1.29, 1.82) is 0 Å². The molecule has 64 valence electrons. The summed E-state index contributed by atoms with van der Waals surface area (Å²) in [5.74, 6) is 0.612.